The summed E-state index contributed by atoms with van der Waals surface area (Å²) in [7, 11) is 0. The molecular formula is C23H26N2O5. The summed E-state index contributed by atoms with van der Waals surface area (Å²) in [6, 6.07) is 12.2. The second-order valence-electron chi connectivity index (χ2n) is 8.10. The van der Waals surface area contributed by atoms with E-state index in [4.69, 9.17) is 4.42 Å². The molecule has 2 amide bonds. The lowest BCUT2D eigenvalue weighted by Crippen LogP contribution is -2.57. The first kappa shape index (κ1) is 20.2. The lowest BCUT2D eigenvalue weighted by atomic mass is 9.86. The van der Waals surface area contributed by atoms with Crippen LogP contribution in [0.5, 0.6) is 0 Å². The van der Waals surface area contributed by atoms with Gasteiger partial charge in [-0.05, 0) is 49.8 Å². The van der Waals surface area contributed by atoms with E-state index in [-0.39, 0.29) is 24.7 Å². The minimum Gasteiger partial charge on any atom is -0.481 e. The first-order chi connectivity index (χ1) is 14.5. The fraction of sp³-hybridized carbons (Fsp3) is 0.435. The Kier molecular flexibility index (Phi) is 5.61. The second kappa shape index (κ2) is 8.34. The molecule has 2 saturated heterocycles. The van der Waals surface area contributed by atoms with Gasteiger partial charge in [0.1, 0.15) is 17.3 Å². The van der Waals surface area contributed by atoms with Crippen molar-refractivity contribution in [3.05, 3.63) is 60.1 Å². The van der Waals surface area contributed by atoms with Crippen LogP contribution in [0.3, 0.4) is 0 Å². The number of hydrogen-bond donors (Lipinski definition) is 2. The molecule has 0 bridgehead atoms. The zero-order chi connectivity index (χ0) is 21.1. The third-order valence-electron chi connectivity index (χ3n) is 6.29. The smallest absolute Gasteiger partial charge is 0.309 e. The number of aryl methyl sites for hydroxylation is 1. The molecule has 0 saturated carbocycles. The van der Waals surface area contributed by atoms with Crippen LogP contribution in [0, 0.1) is 5.92 Å². The van der Waals surface area contributed by atoms with Crippen molar-refractivity contribution in [2.24, 2.45) is 5.92 Å². The van der Waals surface area contributed by atoms with Gasteiger partial charge in [0.15, 0.2) is 0 Å². The van der Waals surface area contributed by atoms with E-state index in [1.807, 2.05) is 30.3 Å². The van der Waals surface area contributed by atoms with Crippen LogP contribution in [0.25, 0.3) is 0 Å². The normalized spacial score (nSPS) is 26.4. The number of furan rings is 1. The maximum atomic E-state index is 13.5. The Morgan fingerprint density at radius 2 is 1.97 bits per heavy atom. The van der Waals surface area contributed by atoms with Crippen LogP contribution >= 0.6 is 0 Å². The van der Waals surface area contributed by atoms with E-state index < -0.39 is 23.5 Å². The van der Waals surface area contributed by atoms with Crippen LogP contribution in [0.1, 0.15) is 49.5 Å². The van der Waals surface area contributed by atoms with Crippen molar-refractivity contribution in [1.82, 2.24) is 10.2 Å². The minimum atomic E-state index is -1.16. The van der Waals surface area contributed by atoms with Crippen molar-refractivity contribution in [2.45, 2.75) is 50.1 Å². The lowest BCUT2D eigenvalue weighted by molar-refractivity contribution is -0.149. The topological polar surface area (TPSA) is 99.9 Å². The molecule has 4 rings (SSSR count). The number of nitrogens with zero attached hydrogens (tertiary/aromatic N) is 1. The molecule has 1 aromatic carbocycles. The van der Waals surface area contributed by atoms with Crippen LogP contribution < -0.4 is 5.32 Å². The molecule has 2 aromatic rings. The number of carboxylic acids is 1. The van der Waals surface area contributed by atoms with Crippen molar-refractivity contribution in [1.29, 1.82) is 0 Å². The zero-order valence-corrected chi connectivity index (χ0v) is 16.8. The minimum absolute atomic E-state index is 0.0939. The Balaban J connectivity index is 1.72. The van der Waals surface area contributed by atoms with Gasteiger partial charge < -0.3 is 19.7 Å². The van der Waals surface area contributed by atoms with Crippen LogP contribution in [0.15, 0.2) is 53.1 Å². The zero-order valence-electron chi connectivity index (χ0n) is 16.8. The highest BCUT2D eigenvalue weighted by Crippen LogP contribution is 2.50. The summed E-state index contributed by atoms with van der Waals surface area (Å²) in [6.07, 6.45) is 4.30. The number of rotatable bonds is 5. The van der Waals surface area contributed by atoms with Crippen LogP contribution in [-0.2, 0) is 20.8 Å². The van der Waals surface area contributed by atoms with Crippen LogP contribution in [0.4, 0.5) is 0 Å². The second-order valence-corrected chi connectivity index (χ2v) is 8.10. The average molecular weight is 410 g/mol. The maximum Gasteiger partial charge on any atom is 0.309 e. The third kappa shape index (κ3) is 3.60. The molecule has 3 heterocycles. The van der Waals surface area contributed by atoms with Crippen LogP contribution in [0.2, 0.25) is 0 Å². The van der Waals surface area contributed by atoms with Gasteiger partial charge >= 0.3 is 5.97 Å². The molecule has 158 valence electrons. The molecule has 2 N–H and O–H groups in total. The first-order valence-electron chi connectivity index (χ1n) is 10.4. The standard InChI is InChI=1S/C23H26N2O5/c26-19(11-10-16-7-2-1-3-8-16)25-20(18-9-6-14-30-18)17(21(27)28)15-23(25)12-4-5-13-24-22(23)29/h1-3,6-9,14,17,20H,4-5,10-13,15H2,(H,24,29)(H,27,28)/t17-,20+,23-/m0/s1. The summed E-state index contributed by atoms with van der Waals surface area (Å²) in [5.74, 6) is -1.99. The predicted octanol–water partition coefficient (Wildman–Crippen LogP) is 2.93. The quantitative estimate of drug-likeness (QED) is 0.790. The summed E-state index contributed by atoms with van der Waals surface area (Å²) in [6.45, 7) is 0.537. The van der Waals surface area contributed by atoms with Gasteiger partial charge in [0, 0.05) is 13.0 Å². The van der Waals surface area contributed by atoms with Gasteiger partial charge in [0.25, 0.3) is 0 Å². The van der Waals surface area contributed by atoms with E-state index in [0.29, 0.717) is 25.1 Å². The van der Waals surface area contributed by atoms with E-state index in [0.717, 1.165) is 18.4 Å². The van der Waals surface area contributed by atoms with Gasteiger partial charge in [0.2, 0.25) is 11.8 Å². The van der Waals surface area contributed by atoms with Gasteiger partial charge in [-0.25, -0.2) is 0 Å². The Morgan fingerprint density at radius 3 is 2.67 bits per heavy atom. The summed E-state index contributed by atoms with van der Waals surface area (Å²) in [4.78, 5) is 40.4. The highest BCUT2D eigenvalue weighted by molar-refractivity contribution is 5.94. The van der Waals surface area contributed by atoms with Gasteiger partial charge in [0.05, 0.1) is 12.2 Å². The van der Waals surface area contributed by atoms with E-state index in [1.54, 1.807) is 12.1 Å². The molecule has 3 atom stereocenters. The third-order valence-corrected chi connectivity index (χ3v) is 6.29. The average Bonchev–Trinajstić information content (AvgIpc) is 3.34. The van der Waals surface area contributed by atoms with Gasteiger partial charge in [-0.1, -0.05) is 30.3 Å². The number of carbonyl (C=O) groups excluding carboxylic acids is 2. The molecule has 0 aliphatic carbocycles. The van der Waals surface area contributed by atoms with Gasteiger partial charge in [-0.3, -0.25) is 14.4 Å². The number of carbonyl (C=O) groups is 3. The fourth-order valence-corrected chi connectivity index (χ4v) is 4.88. The number of carboxylic acid groups (broad SMARTS) is 1. The lowest BCUT2D eigenvalue weighted by Gasteiger charge is -2.38. The summed E-state index contributed by atoms with van der Waals surface area (Å²) in [5, 5.41) is 12.9. The van der Waals surface area contributed by atoms with Gasteiger partial charge in [-0.15, -0.1) is 0 Å². The fourth-order valence-electron chi connectivity index (χ4n) is 4.88. The molecule has 2 fully saturated rings. The number of likely N-dealkylation sites (tertiary alicyclic amines) is 1. The highest BCUT2D eigenvalue weighted by atomic mass is 16.4. The van der Waals surface area contributed by atoms with Crippen molar-refractivity contribution in [3.63, 3.8) is 0 Å². The maximum absolute atomic E-state index is 13.5. The number of hydrogen-bond acceptors (Lipinski definition) is 4. The molecule has 1 aromatic heterocycles. The summed E-state index contributed by atoms with van der Waals surface area (Å²) >= 11 is 0. The summed E-state index contributed by atoms with van der Waals surface area (Å²) in [5.41, 5.74) is -0.140. The molecule has 7 nitrogen and oxygen atoms in total. The van der Waals surface area contributed by atoms with Crippen molar-refractivity contribution in [2.75, 3.05) is 6.54 Å². The number of benzene rings is 1. The number of nitrogens with one attached hydrogen (secondary N) is 1. The molecule has 0 unspecified atom stereocenters. The predicted molar refractivity (Wildman–Crippen MR) is 108 cm³/mol. The monoisotopic (exact) mass is 410 g/mol. The van der Waals surface area contributed by atoms with Crippen molar-refractivity contribution in [3.8, 4) is 0 Å². The SMILES string of the molecule is O=C(O)[C@H]1C[C@]2(CCCCNC2=O)N(C(=O)CCc2ccccc2)[C@H]1c1ccco1. The molecule has 1 spiro atoms. The molecule has 7 heteroatoms. The Bertz CT molecular complexity index is 911. The molecule has 2 aliphatic rings. The van der Waals surface area contributed by atoms with Crippen LogP contribution in [-0.4, -0.2) is 39.9 Å². The molecule has 2 aliphatic heterocycles. The van der Waals surface area contributed by atoms with Crippen molar-refractivity contribution < 1.29 is 23.9 Å². The molecular weight excluding hydrogens is 384 g/mol. The Morgan fingerprint density at radius 1 is 1.17 bits per heavy atom. The molecule has 0 radical (unpaired) electrons. The number of aliphatic carboxylic acids is 1. The van der Waals surface area contributed by atoms with Crippen molar-refractivity contribution >= 4 is 17.8 Å². The van der Waals surface area contributed by atoms with E-state index >= 15 is 0 Å². The largest absolute Gasteiger partial charge is 0.481 e. The van der Waals surface area contributed by atoms with E-state index in [1.165, 1.54) is 11.2 Å². The highest BCUT2D eigenvalue weighted by Gasteiger charge is 2.60. The van der Waals surface area contributed by atoms with E-state index in [9.17, 15) is 19.5 Å². The van der Waals surface area contributed by atoms with Gasteiger partial charge in [-0.2, -0.15) is 0 Å². The summed E-state index contributed by atoms with van der Waals surface area (Å²) < 4.78 is 5.55. The Labute approximate surface area is 175 Å². The number of amides is 2. The molecule has 30 heavy (non-hydrogen) atoms. The Hall–Kier alpha value is -3.09. The first-order valence-corrected chi connectivity index (χ1v) is 10.4. The van der Waals surface area contributed by atoms with E-state index in [2.05, 4.69) is 5.32 Å².